The summed E-state index contributed by atoms with van der Waals surface area (Å²) in [6, 6.07) is 13.9. The van der Waals surface area contributed by atoms with Gasteiger partial charge in [-0.1, -0.05) is 36.4 Å². The van der Waals surface area contributed by atoms with Crippen LogP contribution in [0, 0.1) is 5.82 Å². The number of ether oxygens (including phenoxy) is 2. The van der Waals surface area contributed by atoms with Gasteiger partial charge in [0.05, 0.1) is 6.04 Å². The van der Waals surface area contributed by atoms with Crippen LogP contribution in [0.25, 0.3) is 0 Å². The molecular formula is C25H29FN2O4. The van der Waals surface area contributed by atoms with Crippen molar-refractivity contribution in [3.8, 4) is 0 Å². The number of alkyl carbamates (subject to hydrolysis) is 1. The normalized spacial score (nSPS) is 22.4. The van der Waals surface area contributed by atoms with E-state index in [-0.39, 0.29) is 24.0 Å². The average Bonchev–Trinajstić information content (AvgIpc) is 2.70. The van der Waals surface area contributed by atoms with Crippen molar-refractivity contribution in [3.63, 3.8) is 0 Å². The Hall–Kier alpha value is -3.09. The number of hydrogen-bond acceptors (Lipinski definition) is 4. The van der Waals surface area contributed by atoms with Gasteiger partial charge >= 0.3 is 12.2 Å². The number of nitrogens with one attached hydrogen (secondary N) is 1. The Morgan fingerprint density at radius 1 is 1.06 bits per heavy atom. The largest absolute Gasteiger partial charge is 0.446 e. The van der Waals surface area contributed by atoms with Crippen molar-refractivity contribution in [3.05, 3.63) is 71.0 Å². The van der Waals surface area contributed by atoms with E-state index in [0.717, 1.165) is 17.5 Å². The zero-order chi connectivity index (χ0) is 22.9. The minimum absolute atomic E-state index is 0.0716. The SMILES string of the molecule is CC(C)(C)OC(=O)NC1CC(OC(=O)N2CCc3ccccc3[C@@H]2c2ccc(F)cc2)C1. The predicted octanol–water partition coefficient (Wildman–Crippen LogP) is 4.97. The number of halogens is 1. The van der Waals surface area contributed by atoms with Crippen molar-refractivity contribution in [2.45, 2.75) is 63.8 Å². The molecular weight excluding hydrogens is 411 g/mol. The van der Waals surface area contributed by atoms with Gasteiger partial charge in [-0.05, 0) is 56.0 Å². The standard InChI is InChI=1S/C25H29FN2O4/c1-25(2,3)32-23(29)27-19-14-20(15-19)31-24(30)28-13-12-16-6-4-5-7-21(16)22(28)17-8-10-18(26)11-9-17/h4-11,19-20,22H,12-15H2,1-3H3,(H,27,29)/t19?,20?,22-/m0/s1. The molecule has 1 N–H and O–H groups in total. The predicted molar refractivity (Wildman–Crippen MR) is 118 cm³/mol. The van der Waals surface area contributed by atoms with Gasteiger partial charge in [0, 0.05) is 25.4 Å². The van der Waals surface area contributed by atoms with E-state index in [1.54, 1.807) is 17.0 Å². The first-order valence-electron chi connectivity index (χ1n) is 11.0. The lowest BCUT2D eigenvalue weighted by atomic mass is 9.88. The van der Waals surface area contributed by atoms with Gasteiger partial charge in [-0.2, -0.15) is 0 Å². The van der Waals surface area contributed by atoms with Gasteiger partial charge in [0.1, 0.15) is 17.5 Å². The first-order chi connectivity index (χ1) is 15.2. The molecule has 32 heavy (non-hydrogen) atoms. The summed E-state index contributed by atoms with van der Waals surface area (Å²) in [4.78, 5) is 26.7. The van der Waals surface area contributed by atoms with Crippen molar-refractivity contribution in [2.75, 3.05) is 6.54 Å². The third-order valence-corrected chi connectivity index (χ3v) is 5.79. The summed E-state index contributed by atoms with van der Waals surface area (Å²) in [7, 11) is 0. The fraction of sp³-hybridized carbons (Fsp3) is 0.440. The van der Waals surface area contributed by atoms with Crippen LogP contribution in [0.2, 0.25) is 0 Å². The van der Waals surface area contributed by atoms with Gasteiger partial charge < -0.3 is 14.8 Å². The molecule has 1 heterocycles. The van der Waals surface area contributed by atoms with Crippen LogP contribution in [0.15, 0.2) is 48.5 Å². The zero-order valence-electron chi connectivity index (χ0n) is 18.6. The maximum absolute atomic E-state index is 13.5. The highest BCUT2D eigenvalue weighted by molar-refractivity contribution is 5.71. The third kappa shape index (κ3) is 5.03. The smallest absolute Gasteiger partial charge is 0.410 e. The molecule has 1 fully saturated rings. The van der Waals surface area contributed by atoms with Crippen LogP contribution >= 0.6 is 0 Å². The molecule has 2 amide bonds. The summed E-state index contributed by atoms with van der Waals surface area (Å²) in [5, 5.41) is 2.81. The second kappa shape index (κ2) is 8.81. The Labute approximate surface area is 187 Å². The molecule has 0 spiro atoms. The molecule has 1 aliphatic heterocycles. The highest BCUT2D eigenvalue weighted by atomic mass is 19.1. The summed E-state index contributed by atoms with van der Waals surface area (Å²) < 4.78 is 24.5. The Bertz CT molecular complexity index is 980. The van der Waals surface area contributed by atoms with E-state index in [1.165, 1.54) is 17.7 Å². The van der Waals surface area contributed by atoms with Crippen LogP contribution in [0.5, 0.6) is 0 Å². The fourth-order valence-corrected chi connectivity index (χ4v) is 4.23. The minimum atomic E-state index is -0.556. The lowest BCUT2D eigenvalue weighted by Gasteiger charge is -2.40. The summed E-state index contributed by atoms with van der Waals surface area (Å²) >= 11 is 0. The topological polar surface area (TPSA) is 67.9 Å². The van der Waals surface area contributed by atoms with E-state index in [2.05, 4.69) is 11.4 Å². The Morgan fingerprint density at radius 2 is 1.75 bits per heavy atom. The monoisotopic (exact) mass is 440 g/mol. The summed E-state index contributed by atoms with van der Waals surface area (Å²) in [5.74, 6) is -0.315. The molecule has 6 nitrogen and oxygen atoms in total. The number of carbonyl (C=O) groups excluding carboxylic acids is 2. The summed E-state index contributed by atoms with van der Waals surface area (Å²) in [5.41, 5.74) is 2.49. The first-order valence-corrected chi connectivity index (χ1v) is 11.0. The molecule has 1 atom stereocenters. The van der Waals surface area contributed by atoms with Gasteiger partial charge in [0.15, 0.2) is 0 Å². The second-order valence-corrected chi connectivity index (χ2v) is 9.42. The molecule has 2 aromatic carbocycles. The number of carbonyl (C=O) groups is 2. The van der Waals surface area contributed by atoms with E-state index in [9.17, 15) is 14.0 Å². The number of benzene rings is 2. The quantitative estimate of drug-likeness (QED) is 0.732. The van der Waals surface area contributed by atoms with Crippen LogP contribution < -0.4 is 5.32 Å². The van der Waals surface area contributed by atoms with Crippen molar-refractivity contribution in [2.24, 2.45) is 0 Å². The molecule has 2 aromatic rings. The molecule has 1 saturated carbocycles. The van der Waals surface area contributed by atoms with Gasteiger partial charge in [0.2, 0.25) is 0 Å². The second-order valence-electron chi connectivity index (χ2n) is 9.42. The van der Waals surface area contributed by atoms with Crippen LogP contribution in [-0.2, 0) is 15.9 Å². The van der Waals surface area contributed by atoms with E-state index in [0.29, 0.717) is 19.4 Å². The maximum Gasteiger partial charge on any atom is 0.410 e. The number of hydrogen-bond donors (Lipinski definition) is 1. The van der Waals surface area contributed by atoms with E-state index >= 15 is 0 Å². The highest BCUT2D eigenvalue weighted by Crippen LogP contribution is 2.36. The zero-order valence-corrected chi connectivity index (χ0v) is 18.6. The minimum Gasteiger partial charge on any atom is -0.446 e. The maximum atomic E-state index is 13.5. The van der Waals surface area contributed by atoms with Crippen molar-refractivity contribution in [1.29, 1.82) is 0 Å². The van der Waals surface area contributed by atoms with Gasteiger partial charge in [0.25, 0.3) is 0 Å². The van der Waals surface area contributed by atoms with Crippen molar-refractivity contribution < 1.29 is 23.5 Å². The Balaban J connectivity index is 1.41. The third-order valence-electron chi connectivity index (χ3n) is 5.79. The van der Waals surface area contributed by atoms with Crippen LogP contribution in [0.3, 0.4) is 0 Å². The number of fused-ring (bicyclic) bond motifs is 1. The molecule has 0 saturated heterocycles. The van der Waals surface area contributed by atoms with Gasteiger partial charge in [-0.15, -0.1) is 0 Å². The fourth-order valence-electron chi connectivity index (χ4n) is 4.23. The molecule has 7 heteroatoms. The molecule has 170 valence electrons. The number of amides is 2. The van der Waals surface area contributed by atoms with Gasteiger partial charge in [-0.3, -0.25) is 4.90 Å². The average molecular weight is 441 g/mol. The van der Waals surface area contributed by atoms with Crippen LogP contribution in [0.1, 0.15) is 56.3 Å². The highest BCUT2D eigenvalue weighted by Gasteiger charge is 2.38. The molecule has 0 unspecified atom stereocenters. The van der Waals surface area contributed by atoms with E-state index in [1.807, 2.05) is 39.0 Å². The van der Waals surface area contributed by atoms with Crippen LogP contribution in [0.4, 0.5) is 14.0 Å². The van der Waals surface area contributed by atoms with Crippen LogP contribution in [-0.4, -0.2) is 41.4 Å². The summed E-state index contributed by atoms with van der Waals surface area (Å²) in [6.45, 7) is 5.95. The van der Waals surface area contributed by atoms with Crippen molar-refractivity contribution in [1.82, 2.24) is 10.2 Å². The molecule has 4 rings (SSSR count). The molecule has 0 bridgehead atoms. The van der Waals surface area contributed by atoms with E-state index < -0.39 is 17.8 Å². The van der Waals surface area contributed by atoms with E-state index in [4.69, 9.17) is 9.47 Å². The molecule has 0 radical (unpaired) electrons. The van der Waals surface area contributed by atoms with Crippen molar-refractivity contribution >= 4 is 12.2 Å². The number of rotatable bonds is 3. The lowest BCUT2D eigenvalue weighted by Crippen LogP contribution is -2.51. The Kier molecular flexibility index (Phi) is 6.09. The molecule has 0 aromatic heterocycles. The molecule has 1 aliphatic carbocycles. The summed E-state index contributed by atoms with van der Waals surface area (Å²) in [6.07, 6.45) is 0.725. The molecule has 2 aliphatic rings. The first kappa shape index (κ1) is 22.1. The Morgan fingerprint density at radius 3 is 2.44 bits per heavy atom. The lowest BCUT2D eigenvalue weighted by molar-refractivity contribution is 0.0000825. The number of nitrogens with zero attached hydrogens (tertiary/aromatic N) is 1. The van der Waals surface area contributed by atoms with Gasteiger partial charge in [-0.25, -0.2) is 14.0 Å².